The molecule has 0 saturated carbocycles. The molecule has 1 saturated heterocycles. The number of hydrogen-bond donors (Lipinski definition) is 1. The predicted octanol–water partition coefficient (Wildman–Crippen LogP) is 1.25. The number of amides is 1. The molecule has 1 fully saturated rings. The van der Waals surface area contributed by atoms with Gasteiger partial charge in [-0.15, -0.1) is 11.8 Å². The zero-order valence-electron chi connectivity index (χ0n) is 10.3. The van der Waals surface area contributed by atoms with Gasteiger partial charge in [0.25, 0.3) is 0 Å². The first-order valence-electron chi connectivity index (χ1n) is 5.86. The van der Waals surface area contributed by atoms with Gasteiger partial charge in [-0.3, -0.25) is 9.69 Å². The lowest BCUT2D eigenvalue weighted by Gasteiger charge is -2.49. The van der Waals surface area contributed by atoms with Gasteiger partial charge in [0.2, 0.25) is 5.91 Å². The molecule has 0 aromatic rings. The van der Waals surface area contributed by atoms with Crippen molar-refractivity contribution in [1.29, 1.82) is 0 Å². The Balaban J connectivity index is 2.26. The van der Waals surface area contributed by atoms with E-state index in [1.54, 1.807) is 11.8 Å². The number of β-lactam (4-membered cyclic amide) rings is 1. The molecule has 0 spiro atoms. The number of nitrogens with zero attached hydrogens (tertiary/aromatic N) is 1. The Bertz CT molecular complexity index is 457. The largest absolute Gasteiger partial charge is 0.477 e. The van der Waals surface area contributed by atoms with Crippen molar-refractivity contribution in [3.63, 3.8) is 0 Å². The molecule has 0 bridgehead atoms. The van der Waals surface area contributed by atoms with E-state index in [1.165, 1.54) is 11.8 Å². The number of carboxylic acids is 1. The van der Waals surface area contributed by atoms with Crippen LogP contribution >= 0.6 is 11.8 Å². The van der Waals surface area contributed by atoms with Crippen molar-refractivity contribution < 1.29 is 19.5 Å². The summed E-state index contributed by atoms with van der Waals surface area (Å²) in [5, 5.41) is 9.04. The van der Waals surface area contributed by atoms with Crippen molar-refractivity contribution in [3.8, 4) is 0 Å². The molecule has 2 rings (SSSR count). The third kappa shape index (κ3) is 1.94. The minimum atomic E-state index is -1.05. The van der Waals surface area contributed by atoms with E-state index < -0.39 is 5.97 Å². The van der Waals surface area contributed by atoms with E-state index in [0.29, 0.717) is 12.2 Å². The van der Waals surface area contributed by atoms with Gasteiger partial charge in [0.1, 0.15) is 11.5 Å². The number of fused-ring (bicyclic) bond motifs is 1. The van der Waals surface area contributed by atoms with Gasteiger partial charge in [-0.2, -0.15) is 0 Å². The number of ketones is 1. The average molecular weight is 269 g/mol. The Labute approximate surface area is 109 Å². The lowest BCUT2D eigenvalue weighted by Crippen LogP contribution is -2.61. The molecular formula is C12H15NO4S. The van der Waals surface area contributed by atoms with Gasteiger partial charge < -0.3 is 9.90 Å². The highest BCUT2D eigenvalue weighted by Gasteiger charge is 2.53. The van der Waals surface area contributed by atoms with Crippen LogP contribution in [0, 0.1) is 5.92 Å². The van der Waals surface area contributed by atoms with Gasteiger partial charge in [-0.05, 0) is 18.9 Å². The first kappa shape index (κ1) is 13.1. The van der Waals surface area contributed by atoms with Gasteiger partial charge in [0.15, 0.2) is 0 Å². The average Bonchev–Trinajstić information content (AvgIpc) is 2.33. The quantitative estimate of drug-likeness (QED) is 0.777. The minimum absolute atomic E-state index is 0.0317. The standard InChI is InChI=1S/C12H15NO4S/c1-3-7-5-18-11-8(4-6(2)14)10(15)13(11)9(7)12(16)17/h8,11H,3-5H2,1-2H3,(H,16,17)/t8-,11-/m1/s1. The molecule has 0 radical (unpaired) electrons. The van der Waals surface area contributed by atoms with Crippen molar-refractivity contribution in [2.75, 3.05) is 5.75 Å². The van der Waals surface area contributed by atoms with E-state index in [9.17, 15) is 19.5 Å². The lowest BCUT2D eigenvalue weighted by molar-refractivity contribution is -0.153. The van der Waals surface area contributed by atoms with Crippen molar-refractivity contribution in [2.24, 2.45) is 5.92 Å². The monoisotopic (exact) mass is 269 g/mol. The van der Waals surface area contributed by atoms with Gasteiger partial charge in [-0.1, -0.05) is 6.92 Å². The first-order valence-corrected chi connectivity index (χ1v) is 6.91. The fourth-order valence-electron chi connectivity index (χ4n) is 2.40. The van der Waals surface area contributed by atoms with Gasteiger partial charge in [0.05, 0.1) is 11.3 Å². The molecule has 18 heavy (non-hydrogen) atoms. The molecule has 98 valence electrons. The summed E-state index contributed by atoms with van der Waals surface area (Å²) in [6.45, 7) is 3.34. The summed E-state index contributed by atoms with van der Waals surface area (Å²) in [4.78, 5) is 35.7. The van der Waals surface area contributed by atoms with E-state index in [0.717, 1.165) is 5.57 Å². The summed E-state index contributed by atoms with van der Waals surface area (Å²) in [5.41, 5.74) is 0.921. The Kier molecular flexibility index (Phi) is 3.47. The van der Waals surface area contributed by atoms with Crippen LogP contribution in [-0.2, 0) is 14.4 Å². The maximum absolute atomic E-state index is 12.0. The van der Waals surface area contributed by atoms with E-state index >= 15 is 0 Å². The molecule has 5 nitrogen and oxygen atoms in total. The van der Waals surface area contributed by atoms with Crippen LogP contribution in [0.15, 0.2) is 11.3 Å². The molecule has 0 aliphatic carbocycles. The zero-order chi connectivity index (χ0) is 13.4. The number of carbonyl (C=O) groups excluding carboxylic acids is 2. The Morgan fingerprint density at radius 1 is 1.50 bits per heavy atom. The van der Waals surface area contributed by atoms with Crippen molar-refractivity contribution in [1.82, 2.24) is 4.90 Å². The van der Waals surface area contributed by atoms with Crippen LogP contribution in [0.2, 0.25) is 0 Å². The second kappa shape index (κ2) is 4.76. The van der Waals surface area contributed by atoms with Crippen molar-refractivity contribution in [2.45, 2.75) is 32.1 Å². The summed E-state index contributed by atoms with van der Waals surface area (Å²) in [7, 11) is 0. The number of rotatable bonds is 4. The maximum Gasteiger partial charge on any atom is 0.352 e. The molecular weight excluding hydrogens is 254 g/mol. The predicted molar refractivity (Wildman–Crippen MR) is 66.8 cm³/mol. The second-order valence-corrected chi connectivity index (χ2v) is 5.64. The second-order valence-electron chi connectivity index (χ2n) is 4.53. The highest BCUT2D eigenvalue weighted by Crippen LogP contribution is 2.45. The Morgan fingerprint density at radius 3 is 2.67 bits per heavy atom. The summed E-state index contributed by atoms with van der Waals surface area (Å²) < 4.78 is 0. The third-order valence-electron chi connectivity index (χ3n) is 3.29. The summed E-state index contributed by atoms with van der Waals surface area (Å²) in [6, 6.07) is 0. The first-order chi connectivity index (χ1) is 8.47. The van der Waals surface area contributed by atoms with Gasteiger partial charge in [-0.25, -0.2) is 4.79 Å². The Hall–Kier alpha value is -1.30. The zero-order valence-corrected chi connectivity index (χ0v) is 11.1. The third-order valence-corrected chi connectivity index (χ3v) is 4.69. The summed E-state index contributed by atoms with van der Waals surface area (Å²) in [5.74, 6) is -1.03. The lowest BCUT2D eigenvalue weighted by atomic mass is 9.90. The molecule has 2 atom stereocenters. The SMILES string of the molecule is CCC1=C(C(=O)O)N2C(=O)[C@@H](CC(C)=O)[C@H]2SC1. The fourth-order valence-corrected chi connectivity index (χ4v) is 3.91. The molecule has 1 amide bonds. The molecule has 2 aliphatic rings. The number of hydrogen-bond acceptors (Lipinski definition) is 4. The minimum Gasteiger partial charge on any atom is -0.477 e. The van der Waals surface area contributed by atoms with Crippen LogP contribution in [0.25, 0.3) is 0 Å². The molecule has 6 heteroatoms. The van der Waals surface area contributed by atoms with E-state index in [4.69, 9.17) is 0 Å². The molecule has 0 aromatic carbocycles. The van der Waals surface area contributed by atoms with E-state index in [-0.39, 0.29) is 35.1 Å². The van der Waals surface area contributed by atoms with Crippen LogP contribution < -0.4 is 0 Å². The van der Waals surface area contributed by atoms with Gasteiger partial charge in [0, 0.05) is 12.2 Å². The summed E-state index contributed by atoms with van der Waals surface area (Å²) >= 11 is 1.55. The number of carboxylic acid groups (broad SMARTS) is 1. The van der Waals surface area contributed by atoms with E-state index in [2.05, 4.69) is 0 Å². The molecule has 1 N–H and O–H groups in total. The topological polar surface area (TPSA) is 74.7 Å². The summed E-state index contributed by atoms with van der Waals surface area (Å²) in [6.07, 6.45) is 0.837. The normalized spacial score (nSPS) is 26.8. The highest BCUT2D eigenvalue weighted by atomic mass is 32.2. The van der Waals surface area contributed by atoms with Gasteiger partial charge >= 0.3 is 5.97 Å². The fraction of sp³-hybridized carbons (Fsp3) is 0.583. The van der Waals surface area contributed by atoms with Crippen LogP contribution in [0.1, 0.15) is 26.7 Å². The van der Waals surface area contributed by atoms with E-state index in [1.807, 2.05) is 6.92 Å². The Morgan fingerprint density at radius 2 is 2.17 bits per heavy atom. The molecule has 2 heterocycles. The van der Waals surface area contributed by atoms with Crippen LogP contribution in [0.4, 0.5) is 0 Å². The number of aliphatic carboxylic acids is 1. The number of Topliss-reactive ketones (excluding diaryl/α,β-unsaturated/α-hetero) is 1. The number of carbonyl (C=O) groups is 3. The maximum atomic E-state index is 12.0. The van der Waals surface area contributed by atoms with Crippen LogP contribution in [0.3, 0.4) is 0 Å². The van der Waals surface area contributed by atoms with Crippen LogP contribution in [-0.4, -0.2) is 38.8 Å². The highest BCUT2D eigenvalue weighted by molar-refractivity contribution is 8.00. The smallest absolute Gasteiger partial charge is 0.352 e. The molecule has 0 unspecified atom stereocenters. The van der Waals surface area contributed by atoms with Crippen molar-refractivity contribution in [3.05, 3.63) is 11.3 Å². The molecule has 0 aromatic heterocycles. The number of thioether (sulfide) groups is 1. The van der Waals surface area contributed by atoms with Crippen molar-refractivity contribution >= 4 is 29.4 Å². The van der Waals surface area contributed by atoms with Crippen LogP contribution in [0.5, 0.6) is 0 Å². The molecule has 2 aliphatic heterocycles.